The van der Waals surface area contributed by atoms with Crippen molar-refractivity contribution in [2.24, 2.45) is 0 Å². The van der Waals surface area contributed by atoms with E-state index in [1.54, 1.807) is 0 Å². The minimum atomic E-state index is -4.46. The standard InChI is InChI=1S/C7H4F3NO/c1-11-4-5-2-3-6(12-5)7(8,9)10/h2-3H,4H2. The second-order valence-electron chi connectivity index (χ2n) is 2.08. The van der Waals surface area contributed by atoms with Crippen molar-refractivity contribution < 1.29 is 17.6 Å². The van der Waals surface area contributed by atoms with Gasteiger partial charge in [-0.1, -0.05) is 0 Å². The van der Waals surface area contributed by atoms with Crippen molar-refractivity contribution in [2.75, 3.05) is 0 Å². The van der Waals surface area contributed by atoms with Gasteiger partial charge in [0, 0.05) is 0 Å². The molecule has 12 heavy (non-hydrogen) atoms. The maximum Gasteiger partial charge on any atom is 0.449 e. The van der Waals surface area contributed by atoms with Crippen molar-refractivity contribution in [1.82, 2.24) is 0 Å². The van der Waals surface area contributed by atoms with Crippen LogP contribution in [0.2, 0.25) is 0 Å². The molecular formula is C7H4F3NO. The molecule has 0 saturated heterocycles. The number of hydrogen-bond acceptors (Lipinski definition) is 1. The van der Waals surface area contributed by atoms with Gasteiger partial charge in [-0.25, -0.2) is 6.57 Å². The van der Waals surface area contributed by atoms with Crippen LogP contribution in [-0.4, -0.2) is 0 Å². The molecule has 0 atom stereocenters. The van der Waals surface area contributed by atoms with Crippen LogP contribution in [0.4, 0.5) is 13.2 Å². The fourth-order valence-corrected chi connectivity index (χ4v) is 0.693. The van der Waals surface area contributed by atoms with Gasteiger partial charge in [0.05, 0.1) is 0 Å². The molecule has 0 unspecified atom stereocenters. The Morgan fingerprint density at radius 1 is 1.42 bits per heavy atom. The normalized spacial score (nSPS) is 11.2. The third-order valence-corrected chi connectivity index (χ3v) is 1.18. The Labute approximate surface area is 66.4 Å². The molecule has 2 nitrogen and oxygen atoms in total. The fraction of sp³-hybridized carbons (Fsp3) is 0.286. The molecule has 0 amide bonds. The van der Waals surface area contributed by atoms with Crippen molar-refractivity contribution in [3.8, 4) is 0 Å². The Bertz CT molecular complexity index is 307. The van der Waals surface area contributed by atoms with Gasteiger partial charge in [0.1, 0.15) is 0 Å². The monoisotopic (exact) mass is 175 g/mol. The van der Waals surface area contributed by atoms with E-state index < -0.39 is 11.9 Å². The molecule has 0 aliphatic heterocycles. The predicted octanol–water partition coefficient (Wildman–Crippen LogP) is 2.72. The number of furan rings is 1. The number of halogens is 3. The molecule has 5 heteroatoms. The quantitative estimate of drug-likeness (QED) is 0.600. The second-order valence-corrected chi connectivity index (χ2v) is 2.08. The van der Waals surface area contributed by atoms with E-state index in [-0.39, 0.29) is 12.3 Å². The van der Waals surface area contributed by atoms with Crippen LogP contribution in [0, 0.1) is 6.57 Å². The van der Waals surface area contributed by atoms with Gasteiger partial charge >= 0.3 is 6.18 Å². The number of hydrogen-bond donors (Lipinski definition) is 0. The summed E-state index contributed by atoms with van der Waals surface area (Å²) in [5, 5.41) is 0. The molecule has 0 N–H and O–H groups in total. The van der Waals surface area contributed by atoms with Gasteiger partial charge in [0.2, 0.25) is 5.76 Å². The minimum absolute atomic E-state index is 0.0392. The lowest BCUT2D eigenvalue weighted by Crippen LogP contribution is -2.02. The maximum absolute atomic E-state index is 11.9. The topological polar surface area (TPSA) is 17.5 Å². The molecule has 0 saturated carbocycles. The van der Waals surface area contributed by atoms with Crippen LogP contribution in [0.15, 0.2) is 16.5 Å². The summed E-state index contributed by atoms with van der Waals surface area (Å²) < 4.78 is 40.0. The van der Waals surface area contributed by atoms with Crippen LogP contribution < -0.4 is 0 Å². The summed E-state index contributed by atoms with van der Waals surface area (Å²) >= 11 is 0. The van der Waals surface area contributed by atoms with Gasteiger partial charge in [-0.05, 0) is 12.1 Å². The van der Waals surface area contributed by atoms with Gasteiger partial charge in [-0.3, -0.25) is 0 Å². The number of nitrogens with zero attached hydrogens (tertiary/aromatic N) is 1. The van der Waals surface area contributed by atoms with E-state index in [1.165, 1.54) is 0 Å². The van der Waals surface area contributed by atoms with E-state index in [0.717, 1.165) is 12.1 Å². The molecule has 1 heterocycles. The minimum Gasteiger partial charge on any atom is -0.449 e. The zero-order chi connectivity index (χ0) is 9.19. The number of alkyl halides is 3. The largest absolute Gasteiger partial charge is 0.449 e. The Morgan fingerprint density at radius 2 is 2.08 bits per heavy atom. The van der Waals surface area contributed by atoms with Gasteiger partial charge in [0.15, 0.2) is 5.76 Å². The highest BCUT2D eigenvalue weighted by molar-refractivity contribution is 5.10. The van der Waals surface area contributed by atoms with E-state index >= 15 is 0 Å². The van der Waals surface area contributed by atoms with E-state index in [9.17, 15) is 13.2 Å². The summed E-state index contributed by atoms with van der Waals surface area (Å²) in [4.78, 5) is 2.89. The molecule has 0 bridgehead atoms. The molecule has 0 fully saturated rings. The first-order chi connectivity index (χ1) is 5.54. The van der Waals surface area contributed by atoms with Crippen molar-refractivity contribution in [3.05, 3.63) is 35.1 Å². The first-order valence-electron chi connectivity index (χ1n) is 3.03. The summed E-state index contributed by atoms with van der Waals surface area (Å²) in [5.41, 5.74) is 0. The van der Waals surface area contributed by atoms with Gasteiger partial charge < -0.3 is 9.26 Å². The van der Waals surface area contributed by atoms with Crippen molar-refractivity contribution in [3.63, 3.8) is 0 Å². The lowest BCUT2D eigenvalue weighted by molar-refractivity contribution is -0.153. The average Bonchev–Trinajstić information content (AvgIpc) is 2.35. The molecule has 1 rings (SSSR count). The molecule has 0 spiro atoms. The van der Waals surface area contributed by atoms with E-state index in [1.807, 2.05) is 0 Å². The van der Waals surface area contributed by atoms with E-state index in [0.29, 0.717) is 0 Å². The Balaban J connectivity index is 2.86. The van der Waals surface area contributed by atoms with Crippen molar-refractivity contribution in [2.45, 2.75) is 12.7 Å². The summed E-state index contributed by atoms with van der Waals surface area (Å²) in [6.45, 7) is 6.23. The summed E-state index contributed by atoms with van der Waals surface area (Å²) in [7, 11) is 0. The molecule has 0 aliphatic carbocycles. The van der Waals surface area contributed by atoms with Gasteiger partial charge in [0.25, 0.3) is 6.54 Å². The fourth-order valence-electron chi connectivity index (χ4n) is 0.693. The highest BCUT2D eigenvalue weighted by Gasteiger charge is 2.34. The first-order valence-corrected chi connectivity index (χ1v) is 3.03. The highest BCUT2D eigenvalue weighted by Crippen LogP contribution is 2.30. The van der Waals surface area contributed by atoms with Crippen LogP contribution in [-0.2, 0) is 12.7 Å². The van der Waals surface area contributed by atoms with Crippen LogP contribution in [0.5, 0.6) is 0 Å². The van der Waals surface area contributed by atoms with E-state index in [4.69, 9.17) is 6.57 Å². The van der Waals surface area contributed by atoms with Crippen LogP contribution in [0.3, 0.4) is 0 Å². The summed E-state index contributed by atoms with van der Waals surface area (Å²) in [6.07, 6.45) is -4.46. The second kappa shape index (κ2) is 2.89. The lowest BCUT2D eigenvalue weighted by atomic mass is 10.4. The summed E-state index contributed by atoms with van der Waals surface area (Å²) in [5.74, 6) is -1.02. The molecule has 0 aromatic carbocycles. The van der Waals surface area contributed by atoms with Crippen LogP contribution in [0.1, 0.15) is 11.5 Å². The maximum atomic E-state index is 11.9. The van der Waals surface area contributed by atoms with Gasteiger partial charge in [-0.2, -0.15) is 13.2 Å². The molecular weight excluding hydrogens is 171 g/mol. The lowest BCUT2D eigenvalue weighted by Gasteiger charge is -1.99. The zero-order valence-corrected chi connectivity index (χ0v) is 5.85. The Kier molecular flexibility index (Phi) is 2.09. The van der Waals surface area contributed by atoms with Crippen LogP contribution in [0.25, 0.3) is 4.85 Å². The summed E-state index contributed by atoms with van der Waals surface area (Å²) in [6, 6.07) is 1.97. The highest BCUT2D eigenvalue weighted by atomic mass is 19.4. The number of rotatable bonds is 1. The average molecular weight is 175 g/mol. The SMILES string of the molecule is [C-]#[N+]Cc1ccc(C(F)(F)F)o1. The first kappa shape index (κ1) is 8.65. The van der Waals surface area contributed by atoms with Crippen molar-refractivity contribution in [1.29, 1.82) is 0 Å². The molecule has 1 aromatic heterocycles. The van der Waals surface area contributed by atoms with Crippen LogP contribution >= 0.6 is 0 Å². The smallest absolute Gasteiger partial charge is 0.449 e. The third-order valence-electron chi connectivity index (χ3n) is 1.18. The van der Waals surface area contributed by atoms with Gasteiger partial charge in [-0.15, -0.1) is 0 Å². The molecule has 64 valence electrons. The Morgan fingerprint density at radius 3 is 2.50 bits per heavy atom. The predicted molar refractivity (Wildman–Crippen MR) is 34.0 cm³/mol. The molecule has 1 aromatic rings. The van der Waals surface area contributed by atoms with Crippen molar-refractivity contribution >= 4 is 0 Å². The zero-order valence-electron chi connectivity index (χ0n) is 5.85. The molecule has 0 aliphatic rings. The molecule has 0 radical (unpaired) electrons. The third kappa shape index (κ3) is 1.78. The van der Waals surface area contributed by atoms with E-state index in [2.05, 4.69) is 9.26 Å². The Hall–Kier alpha value is -1.44.